The van der Waals surface area contributed by atoms with Gasteiger partial charge >= 0.3 is 0 Å². The van der Waals surface area contributed by atoms with Gasteiger partial charge < -0.3 is 11.1 Å². The molecule has 1 rings (SSSR count). The lowest BCUT2D eigenvalue weighted by molar-refractivity contribution is -0.111. The first-order valence-corrected chi connectivity index (χ1v) is 5.65. The molecule has 1 amide bonds. The monoisotopic (exact) mass is 270 g/mol. The fraction of sp³-hybridized carbons (Fsp3) is 0.0833. The lowest BCUT2D eigenvalue weighted by Gasteiger charge is -2.06. The minimum absolute atomic E-state index is 0.264. The molecule has 3 nitrogen and oxygen atoms in total. The van der Waals surface area contributed by atoms with E-state index in [0.717, 1.165) is 0 Å². The average Bonchev–Trinajstić information content (AvgIpc) is 2.26. The van der Waals surface area contributed by atoms with Gasteiger partial charge in [-0.2, -0.15) is 0 Å². The minimum atomic E-state index is -0.264. The molecule has 0 bridgehead atoms. The molecular formula is C12H12Cl2N2O. The molecule has 0 saturated heterocycles. The number of nitrogens with one attached hydrogen (secondary N) is 1. The van der Waals surface area contributed by atoms with Crippen LogP contribution in [0.3, 0.4) is 0 Å². The second-order valence-corrected chi connectivity index (χ2v) is 4.04. The van der Waals surface area contributed by atoms with Crippen LogP contribution in [-0.2, 0) is 4.79 Å². The molecule has 0 aliphatic heterocycles. The average molecular weight is 271 g/mol. The molecule has 0 heterocycles. The van der Waals surface area contributed by atoms with Crippen LogP contribution in [0.4, 0.5) is 11.4 Å². The number of hydrogen-bond donors (Lipinski definition) is 2. The summed E-state index contributed by atoms with van der Waals surface area (Å²) < 4.78 is 0. The van der Waals surface area contributed by atoms with Crippen LogP contribution in [0.5, 0.6) is 0 Å². The molecular weight excluding hydrogens is 259 g/mol. The zero-order chi connectivity index (χ0) is 12.8. The van der Waals surface area contributed by atoms with E-state index in [0.29, 0.717) is 21.4 Å². The predicted molar refractivity (Wildman–Crippen MR) is 73.5 cm³/mol. The third kappa shape index (κ3) is 4.13. The summed E-state index contributed by atoms with van der Waals surface area (Å²) in [5.74, 6) is -0.264. The lowest BCUT2D eigenvalue weighted by Crippen LogP contribution is -2.08. The van der Waals surface area contributed by atoms with E-state index < -0.39 is 0 Å². The van der Waals surface area contributed by atoms with Gasteiger partial charge in [0.05, 0.1) is 15.7 Å². The minimum Gasteiger partial charge on any atom is -0.396 e. The SMILES string of the molecule is C/C=C/C=C/C(=O)Nc1cc(Cl)c(N)c(Cl)c1. The molecule has 0 saturated carbocycles. The normalized spacial score (nSPS) is 11.2. The van der Waals surface area contributed by atoms with Crippen molar-refractivity contribution in [3.05, 3.63) is 46.5 Å². The topological polar surface area (TPSA) is 55.1 Å². The number of halogens is 2. The number of carbonyl (C=O) groups is 1. The van der Waals surface area contributed by atoms with Crippen LogP contribution >= 0.6 is 23.2 Å². The van der Waals surface area contributed by atoms with Crippen molar-refractivity contribution in [3.63, 3.8) is 0 Å². The zero-order valence-electron chi connectivity index (χ0n) is 9.21. The predicted octanol–water partition coefficient (Wildman–Crippen LogP) is 3.65. The Morgan fingerprint density at radius 2 is 1.88 bits per heavy atom. The quantitative estimate of drug-likeness (QED) is 0.501. The van der Waals surface area contributed by atoms with Gasteiger partial charge in [-0.1, -0.05) is 41.4 Å². The van der Waals surface area contributed by atoms with Crippen molar-refractivity contribution in [2.45, 2.75) is 6.92 Å². The van der Waals surface area contributed by atoms with Gasteiger partial charge in [-0.3, -0.25) is 4.79 Å². The van der Waals surface area contributed by atoms with Crippen LogP contribution in [0.25, 0.3) is 0 Å². The Labute approximate surface area is 110 Å². The summed E-state index contributed by atoms with van der Waals surface area (Å²) in [6.07, 6.45) is 6.61. The van der Waals surface area contributed by atoms with Gasteiger partial charge in [0, 0.05) is 11.8 Å². The first-order chi connectivity index (χ1) is 8.04. The highest BCUT2D eigenvalue weighted by molar-refractivity contribution is 6.39. The van der Waals surface area contributed by atoms with Crippen molar-refractivity contribution in [2.24, 2.45) is 0 Å². The van der Waals surface area contributed by atoms with Crippen molar-refractivity contribution >= 4 is 40.5 Å². The molecule has 0 aliphatic rings. The summed E-state index contributed by atoms with van der Waals surface area (Å²) in [5, 5.41) is 3.25. The standard InChI is InChI=1S/C12H12Cl2N2O/c1-2-3-4-5-11(17)16-8-6-9(13)12(15)10(14)7-8/h2-7H,15H2,1H3,(H,16,17)/b3-2+,5-4+. The highest BCUT2D eigenvalue weighted by Crippen LogP contribution is 2.30. The van der Waals surface area contributed by atoms with Gasteiger partial charge in [-0.25, -0.2) is 0 Å². The van der Waals surface area contributed by atoms with Crippen LogP contribution in [0.1, 0.15) is 6.92 Å². The summed E-state index contributed by atoms with van der Waals surface area (Å²) in [6.45, 7) is 1.86. The maximum atomic E-state index is 11.4. The third-order valence-electron chi connectivity index (χ3n) is 1.90. The molecule has 0 aromatic heterocycles. The van der Waals surface area contributed by atoms with Crippen molar-refractivity contribution in [1.29, 1.82) is 0 Å². The molecule has 90 valence electrons. The van der Waals surface area contributed by atoms with Gasteiger partial charge in [0.2, 0.25) is 5.91 Å². The molecule has 0 aliphatic carbocycles. The second kappa shape index (κ2) is 6.33. The van der Waals surface area contributed by atoms with E-state index in [1.54, 1.807) is 24.3 Å². The Bertz CT molecular complexity index is 458. The molecule has 0 fully saturated rings. The van der Waals surface area contributed by atoms with Gasteiger partial charge in [0.15, 0.2) is 0 Å². The smallest absolute Gasteiger partial charge is 0.248 e. The maximum Gasteiger partial charge on any atom is 0.248 e. The number of allylic oxidation sites excluding steroid dienone is 3. The van der Waals surface area contributed by atoms with E-state index in [-0.39, 0.29) is 5.91 Å². The largest absolute Gasteiger partial charge is 0.396 e. The van der Waals surface area contributed by atoms with Crippen LogP contribution < -0.4 is 11.1 Å². The van der Waals surface area contributed by atoms with Gasteiger partial charge in [-0.05, 0) is 19.1 Å². The fourth-order valence-electron chi connectivity index (χ4n) is 1.09. The first kappa shape index (κ1) is 13.6. The Morgan fingerprint density at radius 1 is 1.29 bits per heavy atom. The van der Waals surface area contributed by atoms with Gasteiger partial charge in [-0.15, -0.1) is 0 Å². The molecule has 0 unspecified atom stereocenters. The van der Waals surface area contributed by atoms with Crippen LogP contribution in [0, 0.1) is 0 Å². The van der Waals surface area contributed by atoms with E-state index >= 15 is 0 Å². The second-order valence-electron chi connectivity index (χ2n) is 3.23. The molecule has 3 N–H and O–H groups in total. The van der Waals surface area contributed by atoms with Gasteiger partial charge in [0.1, 0.15) is 0 Å². The number of nitrogens with two attached hydrogens (primary N) is 1. The number of amides is 1. The van der Waals surface area contributed by atoms with Crippen molar-refractivity contribution < 1.29 is 4.79 Å². The molecule has 0 spiro atoms. The molecule has 1 aromatic carbocycles. The summed E-state index contributed by atoms with van der Waals surface area (Å²) >= 11 is 11.7. The fourth-order valence-corrected chi connectivity index (χ4v) is 1.58. The van der Waals surface area contributed by atoms with Crippen molar-refractivity contribution in [1.82, 2.24) is 0 Å². The zero-order valence-corrected chi connectivity index (χ0v) is 10.7. The van der Waals surface area contributed by atoms with E-state index in [1.807, 2.05) is 13.0 Å². The van der Waals surface area contributed by atoms with Crippen LogP contribution in [0.15, 0.2) is 36.4 Å². The molecule has 0 atom stereocenters. The van der Waals surface area contributed by atoms with E-state index in [9.17, 15) is 4.79 Å². The Balaban J connectivity index is 2.79. The van der Waals surface area contributed by atoms with Crippen LogP contribution in [-0.4, -0.2) is 5.91 Å². The number of carbonyl (C=O) groups excluding carboxylic acids is 1. The summed E-state index contributed by atoms with van der Waals surface area (Å²) in [5.41, 5.74) is 6.39. The number of nitrogen functional groups attached to an aromatic ring is 1. The summed E-state index contributed by atoms with van der Waals surface area (Å²) in [4.78, 5) is 11.4. The number of benzene rings is 1. The van der Waals surface area contributed by atoms with Gasteiger partial charge in [0.25, 0.3) is 0 Å². The van der Waals surface area contributed by atoms with E-state index in [1.165, 1.54) is 6.08 Å². The summed E-state index contributed by atoms with van der Waals surface area (Å²) in [6, 6.07) is 3.09. The highest BCUT2D eigenvalue weighted by atomic mass is 35.5. The lowest BCUT2D eigenvalue weighted by atomic mass is 10.2. The highest BCUT2D eigenvalue weighted by Gasteiger charge is 2.05. The van der Waals surface area contributed by atoms with Crippen molar-refractivity contribution in [3.8, 4) is 0 Å². The maximum absolute atomic E-state index is 11.4. The Kier molecular flexibility index (Phi) is 5.07. The van der Waals surface area contributed by atoms with E-state index in [4.69, 9.17) is 28.9 Å². The molecule has 1 aromatic rings. The van der Waals surface area contributed by atoms with Crippen molar-refractivity contribution in [2.75, 3.05) is 11.1 Å². The molecule has 5 heteroatoms. The third-order valence-corrected chi connectivity index (χ3v) is 2.52. The summed E-state index contributed by atoms with van der Waals surface area (Å²) in [7, 11) is 0. The number of rotatable bonds is 3. The van der Waals surface area contributed by atoms with E-state index in [2.05, 4.69) is 5.32 Å². The number of anilines is 2. The Hall–Kier alpha value is -1.45. The number of hydrogen-bond acceptors (Lipinski definition) is 2. The Morgan fingerprint density at radius 3 is 2.41 bits per heavy atom. The molecule has 0 radical (unpaired) electrons. The van der Waals surface area contributed by atoms with Crippen LogP contribution in [0.2, 0.25) is 10.0 Å². The molecule has 17 heavy (non-hydrogen) atoms. The first-order valence-electron chi connectivity index (χ1n) is 4.89.